The van der Waals surface area contributed by atoms with Gasteiger partial charge in [0.05, 0.1) is 12.7 Å². The van der Waals surface area contributed by atoms with Gasteiger partial charge in [-0.15, -0.1) is 0 Å². The van der Waals surface area contributed by atoms with Crippen LogP contribution in [0.25, 0.3) is 0 Å². The third kappa shape index (κ3) is 1.91. The van der Waals surface area contributed by atoms with Gasteiger partial charge in [0.25, 0.3) is 0 Å². The summed E-state index contributed by atoms with van der Waals surface area (Å²) in [7, 11) is 0. The summed E-state index contributed by atoms with van der Waals surface area (Å²) in [5.74, 6) is 0.739. The molecule has 2 aliphatic rings. The Balaban J connectivity index is 1.83. The number of fused-ring (bicyclic) bond motifs is 2. The predicted octanol–water partition coefficient (Wildman–Crippen LogP) is 2.67. The van der Waals surface area contributed by atoms with Crippen LogP contribution in [0, 0.1) is 5.92 Å². The highest BCUT2D eigenvalue weighted by Crippen LogP contribution is 2.30. The van der Waals surface area contributed by atoms with Gasteiger partial charge in [-0.1, -0.05) is 22.0 Å². The van der Waals surface area contributed by atoms with Crippen LogP contribution in [0.5, 0.6) is 0 Å². The number of halogens is 1. The van der Waals surface area contributed by atoms with Crippen molar-refractivity contribution in [2.45, 2.75) is 12.5 Å². The predicted molar refractivity (Wildman–Crippen MR) is 64.2 cm³/mol. The molecule has 0 N–H and O–H groups in total. The van der Waals surface area contributed by atoms with Gasteiger partial charge in [0, 0.05) is 29.2 Å². The molecule has 2 aliphatic heterocycles. The van der Waals surface area contributed by atoms with Crippen LogP contribution in [-0.2, 0) is 4.74 Å². The Labute approximate surface area is 98.4 Å². The molecule has 3 rings (SSSR count). The molecule has 0 amide bonds. The first-order chi connectivity index (χ1) is 7.31. The Morgan fingerprint density at radius 3 is 3.07 bits per heavy atom. The molecule has 0 radical (unpaired) electrons. The Bertz CT molecular complexity index is 356. The molecule has 2 fully saturated rings. The van der Waals surface area contributed by atoms with Crippen molar-refractivity contribution in [1.29, 1.82) is 0 Å². The SMILES string of the molecule is Brc1cccc(N2CC3COC(C3)C2)c1. The summed E-state index contributed by atoms with van der Waals surface area (Å²) >= 11 is 3.52. The average molecular weight is 268 g/mol. The zero-order valence-electron chi connectivity index (χ0n) is 8.53. The molecule has 2 atom stereocenters. The molecule has 2 unspecified atom stereocenters. The molecule has 2 saturated heterocycles. The van der Waals surface area contributed by atoms with Crippen molar-refractivity contribution in [3.05, 3.63) is 28.7 Å². The van der Waals surface area contributed by atoms with E-state index < -0.39 is 0 Å². The van der Waals surface area contributed by atoms with Crippen molar-refractivity contribution in [3.8, 4) is 0 Å². The fraction of sp³-hybridized carbons (Fsp3) is 0.500. The van der Waals surface area contributed by atoms with Gasteiger partial charge in [0.2, 0.25) is 0 Å². The standard InChI is InChI=1S/C12H14BrNO/c13-10-2-1-3-11(5-10)14-6-9-4-12(7-14)15-8-9/h1-3,5,9,12H,4,6-8H2. The highest BCUT2D eigenvalue weighted by molar-refractivity contribution is 9.10. The van der Waals surface area contributed by atoms with E-state index >= 15 is 0 Å². The first kappa shape index (κ1) is 9.67. The molecule has 0 spiro atoms. The second kappa shape index (κ2) is 3.80. The quantitative estimate of drug-likeness (QED) is 0.776. The minimum Gasteiger partial charge on any atom is -0.376 e. The summed E-state index contributed by atoms with van der Waals surface area (Å²) < 4.78 is 6.86. The molecule has 2 heterocycles. The summed E-state index contributed by atoms with van der Waals surface area (Å²) in [4.78, 5) is 2.44. The van der Waals surface area contributed by atoms with E-state index in [-0.39, 0.29) is 0 Å². The van der Waals surface area contributed by atoms with Crippen molar-refractivity contribution >= 4 is 21.6 Å². The molecule has 0 aliphatic carbocycles. The van der Waals surface area contributed by atoms with Gasteiger partial charge in [-0.05, 0) is 24.6 Å². The Kier molecular flexibility index (Phi) is 2.45. The zero-order chi connectivity index (χ0) is 10.3. The Morgan fingerprint density at radius 2 is 2.27 bits per heavy atom. The van der Waals surface area contributed by atoms with E-state index in [9.17, 15) is 0 Å². The Morgan fingerprint density at radius 1 is 1.33 bits per heavy atom. The van der Waals surface area contributed by atoms with Gasteiger partial charge in [-0.25, -0.2) is 0 Å². The summed E-state index contributed by atoms with van der Waals surface area (Å²) in [6, 6.07) is 8.52. The molecule has 15 heavy (non-hydrogen) atoms. The van der Waals surface area contributed by atoms with Crippen LogP contribution in [-0.4, -0.2) is 25.8 Å². The molecular formula is C12H14BrNO. The van der Waals surface area contributed by atoms with Crippen LogP contribution >= 0.6 is 15.9 Å². The topological polar surface area (TPSA) is 12.5 Å². The monoisotopic (exact) mass is 267 g/mol. The maximum absolute atomic E-state index is 5.71. The van der Waals surface area contributed by atoms with Gasteiger partial charge in [-0.3, -0.25) is 0 Å². The largest absolute Gasteiger partial charge is 0.376 e. The summed E-state index contributed by atoms with van der Waals surface area (Å²) in [6.07, 6.45) is 1.72. The summed E-state index contributed by atoms with van der Waals surface area (Å²) in [5, 5.41) is 0. The minimum atomic E-state index is 0.461. The number of anilines is 1. The van der Waals surface area contributed by atoms with E-state index in [1.54, 1.807) is 0 Å². The van der Waals surface area contributed by atoms with Crippen molar-refractivity contribution in [2.75, 3.05) is 24.6 Å². The molecule has 80 valence electrons. The number of benzene rings is 1. The summed E-state index contributed by atoms with van der Waals surface area (Å²) in [5.41, 5.74) is 1.31. The molecule has 0 aromatic heterocycles. The highest BCUT2D eigenvalue weighted by Gasteiger charge is 2.33. The zero-order valence-corrected chi connectivity index (χ0v) is 10.1. The smallest absolute Gasteiger partial charge is 0.0754 e. The van der Waals surface area contributed by atoms with Crippen molar-refractivity contribution < 1.29 is 4.74 Å². The average Bonchev–Trinajstić information content (AvgIpc) is 2.58. The van der Waals surface area contributed by atoms with Gasteiger partial charge >= 0.3 is 0 Å². The van der Waals surface area contributed by atoms with Crippen molar-refractivity contribution in [1.82, 2.24) is 0 Å². The third-order valence-corrected chi connectivity index (χ3v) is 3.73. The Hall–Kier alpha value is -0.540. The molecule has 3 heteroatoms. The maximum Gasteiger partial charge on any atom is 0.0754 e. The number of hydrogen-bond donors (Lipinski definition) is 0. The number of piperidine rings is 1. The van der Waals surface area contributed by atoms with Gasteiger partial charge < -0.3 is 9.64 Å². The first-order valence-corrected chi connectivity index (χ1v) is 6.23. The van der Waals surface area contributed by atoms with Crippen LogP contribution in [0.15, 0.2) is 28.7 Å². The third-order valence-electron chi connectivity index (χ3n) is 3.24. The fourth-order valence-corrected chi connectivity index (χ4v) is 2.94. The van der Waals surface area contributed by atoms with E-state index in [0.29, 0.717) is 6.10 Å². The van der Waals surface area contributed by atoms with Crippen LogP contribution in [0.3, 0.4) is 0 Å². The van der Waals surface area contributed by atoms with Crippen LogP contribution in [0.1, 0.15) is 6.42 Å². The van der Waals surface area contributed by atoms with Crippen LogP contribution in [0.2, 0.25) is 0 Å². The number of hydrogen-bond acceptors (Lipinski definition) is 2. The maximum atomic E-state index is 5.71. The lowest BCUT2D eigenvalue weighted by atomic mass is 9.99. The lowest BCUT2D eigenvalue weighted by Crippen LogP contribution is -2.39. The van der Waals surface area contributed by atoms with Gasteiger partial charge in [0.1, 0.15) is 0 Å². The molecule has 2 bridgehead atoms. The molecule has 1 aromatic rings. The molecule has 1 aromatic carbocycles. The van der Waals surface area contributed by atoms with E-state index in [1.165, 1.54) is 12.1 Å². The van der Waals surface area contributed by atoms with Crippen LogP contribution < -0.4 is 4.90 Å². The molecule has 2 nitrogen and oxygen atoms in total. The first-order valence-electron chi connectivity index (χ1n) is 5.43. The number of ether oxygens (including phenoxy) is 1. The highest BCUT2D eigenvalue weighted by atomic mass is 79.9. The van der Waals surface area contributed by atoms with E-state index in [0.717, 1.165) is 30.1 Å². The van der Waals surface area contributed by atoms with E-state index in [2.05, 4.69) is 45.1 Å². The summed E-state index contributed by atoms with van der Waals surface area (Å²) in [6.45, 7) is 3.15. The minimum absolute atomic E-state index is 0.461. The van der Waals surface area contributed by atoms with E-state index in [1.807, 2.05) is 0 Å². The van der Waals surface area contributed by atoms with Gasteiger partial charge in [-0.2, -0.15) is 0 Å². The number of rotatable bonds is 1. The van der Waals surface area contributed by atoms with Crippen molar-refractivity contribution in [2.24, 2.45) is 5.92 Å². The molecule has 0 saturated carbocycles. The van der Waals surface area contributed by atoms with Crippen molar-refractivity contribution in [3.63, 3.8) is 0 Å². The lowest BCUT2D eigenvalue weighted by molar-refractivity contribution is 0.119. The fourth-order valence-electron chi connectivity index (χ4n) is 2.55. The second-order valence-corrected chi connectivity index (χ2v) is 5.36. The van der Waals surface area contributed by atoms with Gasteiger partial charge in [0.15, 0.2) is 0 Å². The molecular weight excluding hydrogens is 254 g/mol. The van der Waals surface area contributed by atoms with Crippen LogP contribution in [0.4, 0.5) is 5.69 Å². The second-order valence-electron chi connectivity index (χ2n) is 4.44. The number of nitrogens with zero attached hydrogens (tertiary/aromatic N) is 1. The normalized spacial score (nSPS) is 29.5. The lowest BCUT2D eigenvalue weighted by Gasteiger charge is -2.32. The van der Waals surface area contributed by atoms with E-state index in [4.69, 9.17) is 4.74 Å².